The molecule has 0 atom stereocenters. The smallest absolute Gasteiger partial charge is 0.417 e. The summed E-state index contributed by atoms with van der Waals surface area (Å²) >= 11 is 0. The lowest BCUT2D eigenvalue weighted by Crippen LogP contribution is -2.04. The molecule has 18 heavy (non-hydrogen) atoms. The molecule has 3 rings (SSSR count). The Morgan fingerprint density at radius 1 is 1.00 bits per heavy atom. The van der Waals surface area contributed by atoms with E-state index in [1.165, 1.54) is 18.2 Å². The van der Waals surface area contributed by atoms with E-state index in [9.17, 15) is 13.2 Å². The zero-order valence-corrected chi connectivity index (χ0v) is 9.08. The van der Waals surface area contributed by atoms with Crippen LogP contribution in [0.3, 0.4) is 0 Å². The van der Waals surface area contributed by atoms with Crippen molar-refractivity contribution in [1.82, 2.24) is 0 Å². The normalized spacial score (nSPS) is 12.4. The summed E-state index contributed by atoms with van der Waals surface area (Å²) in [6.07, 6.45) is -4.42. The molecule has 1 heterocycles. The van der Waals surface area contributed by atoms with Crippen molar-refractivity contribution in [3.8, 4) is 0 Å². The number of benzene rings is 2. The fraction of sp³-hybridized carbons (Fsp3) is 0.0769. The second-order valence-corrected chi connectivity index (χ2v) is 4.03. The maximum atomic E-state index is 13.0. The first-order valence-corrected chi connectivity index (χ1v) is 5.25. The SMILES string of the molecule is Nc1ccc2oc3cccc(C(F)(F)F)c3c2c1. The predicted molar refractivity (Wildman–Crippen MR) is 63.1 cm³/mol. The number of hydrogen-bond acceptors (Lipinski definition) is 2. The van der Waals surface area contributed by atoms with Crippen LogP contribution in [0.2, 0.25) is 0 Å². The third-order valence-electron chi connectivity index (χ3n) is 2.82. The van der Waals surface area contributed by atoms with E-state index in [1.807, 2.05) is 0 Å². The van der Waals surface area contributed by atoms with Crippen LogP contribution in [0.25, 0.3) is 21.9 Å². The van der Waals surface area contributed by atoms with Crippen LogP contribution in [-0.2, 0) is 6.18 Å². The number of anilines is 1. The summed E-state index contributed by atoms with van der Waals surface area (Å²) in [5.41, 5.74) is 5.92. The molecule has 0 amide bonds. The standard InChI is InChI=1S/C13H8F3NO/c14-13(15,16)9-2-1-3-11-12(9)8-6-7(17)4-5-10(8)18-11/h1-6H,17H2. The van der Waals surface area contributed by atoms with Crippen molar-refractivity contribution >= 4 is 27.6 Å². The highest BCUT2D eigenvalue weighted by Gasteiger charge is 2.33. The zero-order valence-electron chi connectivity index (χ0n) is 9.08. The molecule has 0 saturated carbocycles. The van der Waals surface area contributed by atoms with Gasteiger partial charge in [0.2, 0.25) is 0 Å². The number of rotatable bonds is 0. The first-order valence-electron chi connectivity index (χ1n) is 5.25. The fourth-order valence-electron chi connectivity index (χ4n) is 2.08. The minimum absolute atomic E-state index is 0.0623. The summed E-state index contributed by atoms with van der Waals surface area (Å²) in [5.74, 6) is 0. The molecule has 0 saturated heterocycles. The highest BCUT2D eigenvalue weighted by Crippen LogP contribution is 2.40. The van der Waals surface area contributed by atoms with Crippen molar-refractivity contribution < 1.29 is 17.6 Å². The molecule has 2 N–H and O–H groups in total. The van der Waals surface area contributed by atoms with E-state index in [0.29, 0.717) is 16.7 Å². The first kappa shape index (κ1) is 11.0. The fourth-order valence-corrected chi connectivity index (χ4v) is 2.08. The molecule has 0 aliphatic heterocycles. The number of hydrogen-bond donors (Lipinski definition) is 1. The second kappa shape index (κ2) is 3.41. The summed E-state index contributed by atoms with van der Waals surface area (Å²) < 4.78 is 44.2. The van der Waals surface area contributed by atoms with E-state index in [4.69, 9.17) is 10.2 Å². The van der Waals surface area contributed by atoms with Crippen LogP contribution in [0.15, 0.2) is 40.8 Å². The van der Waals surface area contributed by atoms with Crippen molar-refractivity contribution in [3.63, 3.8) is 0 Å². The topological polar surface area (TPSA) is 39.2 Å². The van der Waals surface area contributed by atoms with Gasteiger partial charge in [-0.3, -0.25) is 0 Å². The quantitative estimate of drug-likeness (QED) is 0.608. The van der Waals surface area contributed by atoms with Gasteiger partial charge in [0.15, 0.2) is 0 Å². The van der Waals surface area contributed by atoms with Gasteiger partial charge in [-0.05, 0) is 30.3 Å². The van der Waals surface area contributed by atoms with Crippen LogP contribution in [0.1, 0.15) is 5.56 Å². The lowest BCUT2D eigenvalue weighted by Gasteiger charge is -2.07. The molecule has 1 aromatic heterocycles. The maximum Gasteiger partial charge on any atom is 0.417 e. The van der Waals surface area contributed by atoms with Gasteiger partial charge in [-0.15, -0.1) is 0 Å². The predicted octanol–water partition coefficient (Wildman–Crippen LogP) is 4.19. The molecular weight excluding hydrogens is 243 g/mol. The first-order chi connectivity index (χ1) is 8.47. The minimum atomic E-state index is -4.42. The second-order valence-electron chi connectivity index (χ2n) is 4.03. The van der Waals surface area contributed by atoms with E-state index >= 15 is 0 Å². The third kappa shape index (κ3) is 1.51. The van der Waals surface area contributed by atoms with Crippen LogP contribution < -0.4 is 5.73 Å². The molecule has 5 heteroatoms. The molecule has 0 fully saturated rings. The molecule has 3 aromatic rings. The van der Waals surface area contributed by atoms with Crippen LogP contribution in [-0.4, -0.2) is 0 Å². The van der Waals surface area contributed by atoms with E-state index < -0.39 is 11.7 Å². The molecule has 0 aliphatic carbocycles. The number of alkyl halides is 3. The van der Waals surface area contributed by atoms with Crippen LogP contribution in [0.4, 0.5) is 18.9 Å². The summed E-state index contributed by atoms with van der Waals surface area (Å²) in [4.78, 5) is 0. The van der Waals surface area contributed by atoms with Gasteiger partial charge in [0.05, 0.1) is 5.56 Å². The lowest BCUT2D eigenvalue weighted by molar-refractivity contribution is -0.136. The average molecular weight is 251 g/mol. The van der Waals surface area contributed by atoms with Crippen LogP contribution in [0, 0.1) is 0 Å². The molecule has 0 radical (unpaired) electrons. The zero-order chi connectivity index (χ0) is 12.9. The van der Waals surface area contributed by atoms with Crippen LogP contribution in [0.5, 0.6) is 0 Å². The summed E-state index contributed by atoms with van der Waals surface area (Å²) in [6.45, 7) is 0. The molecular formula is C13H8F3NO. The molecule has 92 valence electrons. The Kier molecular flexibility index (Phi) is 2.08. The molecule has 0 bridgehead atoms. The van der Waals surface area contributed by atoms with E-state index in [-0.39, 0.29) is 11.0 Å². The van der Waals surface area contributed by atoms with Gasteiger partial charge in [-0.25, -0.2) is 0 Å². The van der Waals surface area contributed by atoms with Gasteiger partial charge in [-0.2, -0.15) is 13.2 Å². The Labute approximate surface area is 99.8 Å². The van der Waals surface area contributed by atoms with Crippen molar-refractivity contribution in [2.45, 2.75) is 6.18 Å². The Morgan fingerprint density at radius 3 is 2.50 bits per heavy atom. The minimum Gasteiger partial charge on any atom is -0.456 e. The van der Waals surface area contributed by atoms with Crippen molar-refractivity contribution in [1.29, 1.82) is 0 Å². The Bertz CT molecular complexity index is 743. The largest absolute Gasteiger partial charge is 0.456 e. The summed E-state index contributed by atoms with van der Waals surface area (Å²) in [5, 5.41) is 0.449. The van der Waals surface area contributed by atoms with E-state index in [1.54, 1.807) is 12.1 Å². The van der Waals surface area contributed by atoms with Crippen LogP contribution >= 0.6 is 0 Å². The van der Waals surface area contributed by atoms with Gasteiger partial charge >= 0.3 is 6.18 Å². The van der Waals surface area contributed by atoms with E-state index in [0.717, 1.165) is 6.07 Å². The average Bonchev–Trinajstić information content (AvgIpc) is 2.65. The number of furan rings is 1. The summed E-state index contributed by atoms with van der Waals surface area (Å²) in [6, 6.07) is 8.55. The Hall–Kier alpha value is -2.17. The van der Waals surface area contributed by atoms with Gasteiger partial charge in [0.25, 0.3) is 0 Å². The van der Waals surface area contributed by atoms with Crippen molar-refractivity contribution in [3.05, 3.63) is 42.0 Å². The highest BCUT2D eigenvalue weighted by atomic mass is 19.4. The van der Waals surface area contributed by atoms with Gasteiger partial charge in [-0.1, -0.05) is 6.07 Å². The van der Waals surface area contributed by atoms with Crippen molar-refractivity contribution in [2.75, 3.05) is 5.73 Å². The number of halogens is 3. The van der Waals surface area contributed by atoms with E-state index in [2.05, 4.69) is 0 Å². The highest BCUT2D eigenvalue weighted by molar-refractivity contribution is 6.07. The monoisotopic (exact) mass is 251 g/mol. The van der Waals surface area contributed by atoms with Crippen molar-refractivity contribution in [2.24, 2.45) is 0 Å². The summed E-state index contributed by atoms with van der Waals surface area (Å²) in [7, 11) is 0. The molecule has 2 nitrogen and oxygen atoms in total. The van der Waals surface area contributed by atoms with Gasteiger partial charge in [0, 0.05) is 16.5 Å². The molecule has 0 spiro atoms. The van der Waals surface area contributed by atoms with Gasteiger partial charge < -0.3 is 10.2 Å². The number of fused-ring (bicyclic) bond motifs is 3. The molecule has 0 aliphatic rings. The Morgan fingerprint density at radius 2 is 1.78 bits per heavy atom. The third-order valence-corrected chi connectivity index (χ3v) is 2.82. The van der Waals surface area contributed by atoms with Gasteiger partial charge in [0.1, 0.15) is 11.2 Å². The Balaban J connectivity index is 2.52. The molecule has 2 aromatic carbocycles. The number of nitrogen functional groups attached to an aromatic ring is 1. The maximum absolute atomic E-state index is 13.0. The molecule has 0 unspecified atom stereocenters. The lowest BCUT2D eigenvalue weighted by atomic mass is 10.1. The number of nitrogens with two attached hydrogens (primary N) is 1.